The van der Waals surface area contributed by atoms with Gasteiger partial charge in [0, 0.05) is 0 Å². The molecule has 2 aliphatic rings. The summed E-state index contributed by atoms with van der Waals surface area (Å²) in [6, 6.07) is 0.139. The Morgan fingerprint density at radius 3 is 2.62 bits per heavy atom. The molecule has 4 nitrogen and oxygen atoms in total. The van der Waals surface area contributed by atoms with Crippen molar-refractivity contribution < 1.29 is 9.53 Å². The van der Waals surface area contributed by atoms with Gasteiger partial charge in [-0.25, -0.2) is 0 Å². The quantitative estimate of drug-likeness (QED) is 0.716. The Morgan fingerprint density at radius 2 is 2.19 bits per heavy atom. The highest BCUT2D eigenvalue weighted by atomic mass is 32.1. The summed E-state index contributed by atoms with van der Waals surface area (Å²) in [5.74, 6) is -0.0962. The van der Waals surface area contributed by atoms with Crippen LogP contribution in [0.5, 0.6) is 0 Å². The van der Waals surface area contributed by atoms with E-state index in [9.17, 15) is 4.79 Å². The van der Waals surface area contributed by atoms with E-state index in [0.717, 1.165) is 19.3 Å². The first-order chi connectivity index (χ1) is 7.41. The average molecular weight is 242 g/mol. The van der Waals surface area contributed by atoms with Gasteiger partial charge in [0.1, 0.15) is 0 Å². The second-order valence-corrected chi connectivity index (χ2v) is 5.62. The Bertz CT molecular complexity index is 330. The molecule has 16 heavy (non-hydrogen) atoms. The summed E-state index contributed by atoms with van der Waals surface area (Å²) in [6.45, 7) is 3.50. The maximum absolute atomic E-state index is 12.0. The summed E-state index contributed by atoms with van der Waals surface area (Å²) >= 11 is 4.90. The van der Waals surface area contributed by atoms with Crippen LogP contribution in [-0.2, 0) is 9.53 Å². The first-order valence-electron chi connectivity index (χ1n) is 5.67. The average Bonchev–Trinajstić information content (AvgIpc) is 2.78. The molecule has 0 aliphatic carbocycles. The molecule has 0 saturated carbocycles. The van der Waals surface area contributed by atoms with E-state index < -0.39 is 5.41 Å². The lowest BCUT2D eigenvalue weighted by Crippen LogP contribution is -2.50. The van der Waals surface area contributed by atoms with E-state index in [1.807, 2.05) is 0 Å². The van der Waals surface area contributed by atoms with Gasteiger partial charge in [-0.2, -0.15) is 0 Å². The van der Waals surface area contributed by atoms with E-state index in [0.29, 0.717) is 6.10 Å². The van der Waals surface area contributed by atoms with E-state index in [4.69, 9.17) is 22.7 Å². The van der Waals surface area contributed by atoms with Crippen molar-refractivity contribution in [3.05, 3.63) is 0 Å². The van der Waals surface area contributed by atoms with Crippen LogP contribution < -0.4 is 11.1 Å². The van der Waals surface area contributed by atoms with Crippen LogP contribution in [0, 0.1) is 5.41 Å². The van der Waals surface area contributed by atoms with E-state index in [1.165, 1.54) is 0 Å². The van der Waals surface area contributed by atoms with Crippen molar-refractivity contribution in [3.8, 4) is 0 Å². The molecular weight excluding hydrogens is 224 g/mol. The number of nitrogens with one attached hydrogen (secondary N) is 1. The van der Waals surface area contributed by atoms with Crippen molar-refractivity contribution in [1.82, 2.24) is 5.32 Å². The lowest BCUT2D eigenvalue weighted by molar-refractivity contribution is -0.127. The third kappa shape index (κ3) is 1.94. The van der Waals surface area contributed by atoms with Crippen molar-refractivity contribution in [2.45, 2.75) is 51.4 Å². The van der Waals surface area contributed by atoms with Gasteiger partial charge in [-0.05, 0) is 33.1 Å². The summed E-state index contributed by atoms with van der Waals surface area (Å²) in [7, 11) is 0. The lowest BCUT2D eigenvalue weighted by Gasteiger charge is -2.27. The van der Waals surface area contributed by atoms with Gasteiger partial charge in [0.15, 0.2) is 0 Å². The van der Waals surface area contributed by atoms with Crippen LogP contribution >= 0.6 is 12.2 Å². The molecule has 2 rings (SSSR count). The minimum atomic E-state index is -0.781. The molecular formula is C11H18N2O2S. The standard InChI is InChI=1S/C11H18N2O2S/c1-11(2,9(12)16)10(14)13-7-5-6-3-4-8(7)15-6/h6-8H,3-5H2,1-2H3,(H2,12,16)(H,13,14). The molecule has 2 saturated heterocycles. The molecule has 0 aromatic rings. The molecule has 0 spiro atoms. The molecule has 2 bridgehead atoms. The maximum Gasteiger partial charge on any atom is 0.232 e. The number of amides is 1. The molecule has 0 aromatic heterocycles. The number of hydrogen-bond donors (Lipinski definition) is 2. The van der Waals surface area contributed by atoms with Crippen LogP contribution in [0.3, 0.4) is 0 Å². The molecule has 2 heterocycles. The molecule has 90 valence electrons. The van der Waals surface area contributed by atoms with Gasteiger partial charge >= 0.3 is 0 Å². The highest BCUT2D eigenvalue weighted by Gasteiger charge is 2.43. The van der Waals surface area contributed by atoms with Crippen LogP contribution in [0.2, 0.25) is 0 Å². The number of fused-ring (bicyclic) bond motifs is 2. The van der Waals surface area contributed by atoms with Crippen molar-refractivity contribution >= 4 is 23.1 Å². The van der Waals surface area contributed by atoms with Crippen molar-refractivity contribution in [2.24, 2.45) is 11.1 Å². The first kappa shape index (κ1) is 11.8. The van der Waals surface area contributed by atoms with E-state index in [2.05, 4.69) is 5.32 Å². The molecule has 3 atom stereocenters. The Balaban J connectivity index is 1.95. The van der Waals surface area contributed by atoms with Crippen LogP contribution in [-0.4, -0.2) is 29.1 Å². The fourth-order valence-corrected chi connectivity index (χ4v) is 2.34. The fraction of sp³-hybridized carbons (Fsp3) is 0.818. The topological polar surface area (TPSA) is 64.3 Å². The number of thiocarbonyl (C=S) groups is 1. The summed E-state index contributed by atoms with van der Waals surface area (Å²) in [5.41, 5.74) is 4.78. The van der Waals surface area contributed by atoms with Gasteiger partial charge < -0.3 is 15.8 Å². The molecule has 5 heteroatoms. The van der Waals surface area contributed by atoms with Crippen LogP contribution in [0.15, 0.2) is 0 Å². The minimum absolute atomic E-state index is 0.0962. The number of hydrogen-bond acceptors (Lipinski definition) is 3. The van der Waals surface area contributed by atoms with Crippen LogP contribution in [0.25, 0.3) is 0 Å². The first-order valence-corrected chi connectivity index (χ1v) is 6.08. The predicted octanol–water partition coefficient (Wildman–Crippen LogP) is 0.735. The Labute approximate surface area is 101 Å². The third-order valence-corrected chi connectivity index (χ3v) is 4.12. The zero-order chi connectivity index (χ0) is 11.9. The number of nitrogens with two attached hydrogens (primary N) is 1. The van der Waals surface area contributed by atoms with Crippen molar-refractivity contribution in [2.75, 3.05) is 0 Å². The summed E-state index contributed by atoms with van der Waals surface area (Å²) in [5, 5.41) is 3.00. The molecule has 2 fully saturated rings. The Kier molecular flexibility index (Phi) is 2.92. The molecule has 0 radical (unpaired) electrons. The predicted molar refractivity (Wildman–Crippen MR) is 65.0 cm³/mol. The minimum Gasteiger partial charge on any atom is -0.392 e. The van der Waals surface area contributed by atoms with E-state index in [1.54, 1.807) is 13.8 Å². The number of ether oxygens (including phenoxy) is 1. The van der Waals surface area contributed by atoms with Crippen molar-refractivity contribution in [1.29, 1.82) is 0 Å². The van der Waals surface area contributed by atoms with E-state index in [-0.39, 0.29) is 23.0 Å². The van der Waals surface area contributed by atoms with Gasteiger partial charge in [-0.3, -0.25) is 4.79 Å². The van der Waals surface area contributed by atoms with Gasteiger partial charge in [-0.15, -0.1) is 0 Å². The second-order valence-electron chi connectivity index (χ2n) is 5.18. The monoisotopic (exact) mass is 242 g/mol. The molecule has 1 amide bonds. The van der Waals surface area contributed by atoms with Gasteiger partial charge in [0.25, 0.3) is 0 Å². The van der Waals surface area contributed by atoms with E-state index >= 15 is 0 Å². The number of rotatable bonds is 3. The van der Waals surface area contributed by atoms with Gasteiger partial charge in [-0.1, -0.05) is 12.2 Å². The lowest BCUT2D eigenvalue weighted by atomic mass is 9.90. The highest BCUT2D eigenvalue weighted by molar-refractivity contribution is 7.80. The normalized spacial score (nSPS) is 32.8. The van der Waals surface area contributed by atoms with Gasteiger partial charge in [0.2, 0.25) is 5.91 Å². The SMILES string of the molecule is CC(C)(C(=O)NC1CC2CCC1O2)C(N)=S. The van der Waals surface area contributed by atoms with Crippen LogP contribution in [0.1, 0.15) is 33.1 Å². The van der Waals surface area contributed by atoms with Crippen molar-refractivity contribution in [3.63, 3.8) is 0 Å². The summed E-state index contributed by atoms with van der Waals surface area (Å²) in [6.07, 6.45) is 3.61. The third-order valence-electron chi connectivity index (χ3n) is 3.61. The number of carbonyl (C=O) groups is 1. The largest absolute Gasteiger partial charge is 0.392 e. The molecule has 2 aliphatic heterocycles. The molecule has 3 unspecified atom stereocenters. The zero-order valence-electron chi connectivity index (χ0n) is 9.66. The smallest absolute Gasteiger partial charge is 0.232 e. The molecule has 0 aromatic carbocycles. The Hall–Kier alpha value is -0.680. The van der Waals surface area contributed by atoms with Crippen LogP contribution in [0.4, 0.5) is 0 Å². The van der Waals surface area contributed by atoms with Gasteiger partial charge in [0.05, 0.1) is 28.7 Å². The summed E-state index contributed by atoms with van der Waals surface area (Å²) < 4.78 is 5.68. The number of carbonyl (C=O) groups excluding carboxylic acids is 1. The molecule has 3 N–H and O–H groups in total. The fourth-order valence-electron chi connectivity index (χ4n) is 2.25. The summed E-state index contributed by atoms with van der Waals surface area (Å²) in [4.78, 5) is 12.2. The zero-order valence-corrected chi connectivity index (χ0v) is 10.5. The maximum atomic E-state index is 12.0. The Morgan fingerprint density at radius 1 is 1.50 bits per heavy atom. The highest BCUT2D eigenvalue weighted by Crippen LogP contribution is 2.34. The second kappa shape index (κ2) is 3.96.